The van der Waals surface area contributed by atoms with Crippen LogP contribution in [-0.2, 0) is 9.68 Å². The molecule has 52 valence electrons. The Morgan fingerprint density at radius 2 is 1.38 bits per heavy atom. The molecular formula is C2H12N4O2. The summed E-state index contributed by atoms with van der Waals surface area (Å²) in [7, 11) is 0. The fourth-order valence-electron chi connectivity index (χ4n) is 0.0278. The van der Waals surface area contributed by atoms with Crippen molar-refractivity contribution in [2.75, 3.05) is 0 Å². The van der Waals surface area contributed by atoms with Crippen LogP contribution < -0.4 is 24.1 Å². The number of rotatable bonds is 2. The summed E-state index contributed by atoms with van der Waals surface area (Å²) in [6.07, 6.45) is 0. The SMILES string of the molecule is C=C(ON)ON.N.N. The fourth-order valence-corrected chi connectivity index (χ4v) is 0.0278. The summed E-state index contributed by atoms with van der Waals surface area (Å²) in [6.45, 7) is 3.10. The monoisotopic (exact) mass is 124 g/mol. The molecule has 0 rings (SSSR count). The quantitative estimate of drug-likeness (QED) is 0.290. The number of hydrogen-bond donors (Lipinski definition) is 4. The van der Waals surface area contributed by atoms with Crippen LogP contribution in [0.15, 0.2) is 12.5 Å². The summed E-state index contributed by atoms with van der Waals surface area (Å²) < 4.78 is 0. The lowest BCUT2D eigenvalue weighted by Gasteiger charge is -1.94. The highest BCUT2D eigenvalue weighted by Crippen LogP contribution is 1.79. The van der Waals surface area contributed by atoms with E-state index in [1.54, 1.807) is 0 Å². The molecule has 6 nitrogen and oxygen atoms in total. The van der Waals surface area contributed by atoms with Crippen LogP contribution >= 0.6 is 0 Å². The van der Waals surface area contributed by atoms with Crippen molar-refractivity contribution in [3.8, 4) is 0 Å². The molecule has 0 aliphatic rings. The van der Waals surface area contributed by atoms with Gasteiger partial charge in [0.1, 0.15) is 0 Å². The maximum atomic E-state index is 4.48. The molecule has 0 aromatic rings. The second-order valence-corrected chi connectivity index (χ2v) is 0.608. The first-order valence-electron chi connectivity index (χ1n) is 1.23. The maximum absolute atomic E-state index is 4.48. The summed E-state index contributed by atoms with van der Waals surface area (Å²) >= 11 is 0. The third-order valence-corrected chi connectivity index (χ3v) is 0.263. The van der Waals surface area contributed by atoms with Crippen molar-refractivity contribution in [3.63, 3.8) is 0 Å². The Hall–Kier alpha value is -0.820. The molecule has 0 aliphatic carbocycles. The van der Waals surface area contributed by atoms with Crippen LogP contribution in [0, 0.1) is 0 Å². The molecule has 0 atom stereocenters. The molecule has 0 radical (unpaired) electrons. The summed E-state index contributed by atoms with van der Waals surface area (Å²) in [5.74, 6) is 8.85. The van der Waals surface area contributed by atoms with Gasteiger partial charge in [0.15, 0.2) is 0 Å². The van der Waals surface area contributed by atoms with Crippen molar-refractivity contribution in [3.05, 3.63) is 12.5 Å². The highest BCUT2D eigenvalue weighted by atomic mass is 16.8. The van der Waals surface area contributed by atoms with E-state index in [1.165, 1.54) is 0 Å². The Morgan fingerprint density at radius 1 is 1.12 bits per heavy atom. The molecule has 0 spiro atoms. The molecule has 0 saturated carbocycles. The third kappa shape index (κ3) is 8.95. The lowest BCUT2D eigenvalue weighted by molar-refractivity contribution is 0.0365. The van der Waals surface area contributed by atoms with Crippen molar-refractivity contribution in [1.29, 1.82) is 0 Å². The van der Waals surface area contributed by atoms with Crippen molar-refractivity contribution in [1.82, 2.24) is 12.3 Å². The van der Waals surface area contributed by atoms with Gasteiger partial charge >= 0.3 is 5.95 Å². The second kappa shape index (κ2) is 9.49. The molecule has 0 unspecified atom stereocenters. The Balaban J connectivity index is -0.000000125. The van der Waals surface area contributed by atoms with Gasteiger partial charge in [0.05, 0.1) is 0 Å². The van der Waals surface area contributed by atoms with Gasteiger partial charge in [0.2, 0.25) is 0 Å². The van der Waals surface area contributed by atoms with Crippen LogP contribution in [-0.4, -0.2) is 0 Å². The molecule has 6 heteroatoms. The minimum absolute atomic E-state index is 0. The van der Waals surface area contributed by atoms with Crippen LogP contribution in [0.5, 0.6) is 0 Å². The van der Waals surface area contributed by atoms with Gasteiger partial charge in [-0.2, -0.15) is 11.8 Å². The highest BCUT2D eigenvalue weighted by molar-refractivity contribution is 4.61. The van der Waals surface area contributed by atoms with Gasteiger partial charge in [-0.05, 0) is 6.58 Å². The first-order valence-corrected chi connectivity index (χ1v) is 1.23. The normalized spacial score (nSPS) is 5.25. The van der Waals surface area contributed by atoms with Gasteiger partial charge in [0, 0.05) is 0 Å². The van der Waals surface area contributed by atoms with E-state index in [0.29, 0.717) is 0 Å². The predicted molar refractivity (Wildman–Crippen MR) is 29.7 cm³/mol. The summed E-state index contributed by atoms with van der Waals surface area (Å²) in [5, 5.41) is 0. The van der Waals surface area contributed by atoms with E-state index >= 15 is 0 Å². The van der Waals surface area contributed by atoms with E-state index in [9.17, 15) is 0 Å². The van der Waals surface area contributed by atoms with E-state index in [1.807, 2.05) is 0 Å². The molecule has 0 saturated heterocycles. The molecule has 8 heavy (non-hydrogen) atoms. The Kier molecular flexibility index (Phi) is 18.6. The van der Waals surface area contributed by atoms with E-state index < -0.39 is 0 Å². The lowest BCUT2D eigenvalue weighted by atomic mass is 11.1. The second-order valence-electron chi connectivity index (χ2n) is 0.608. The average molecular weight is 124 g/mol. The molecule has 0 aromatic carbocycles. The Morgan fingerprint density at radius 3 is 1.38 bits per heavy atom. The van der Waals surface area contributed by atoms with E-state index in [2.05, 4.69) is 28.0 Å². The van der Waals surface area contributed by atoms with Crippen molar-refractivity contribution < 1.29 is 9.68 Å². The van der Waals surface area contributed by atoms with E-state index in [0.717, 1.165) is 0 Å². The zero-order valence-corrected chi connectivity index (χ0v) is 4.59. The molecule has 0 fully saturated rings. The van der Waals surface area contributed by atoms with Crippen LogP contribution in [0.4, 0.5) is 0 Å². The molecule has 0 aliphatic heterocycles. The van der Waals surface area contributed by atoms with Crippen LogP contribution in [0.25, 0.3) is 0 Å². The zero-order chi connectivity index (χ0) is 4.99. The third-order valence-electron chi connectivity index (χ3n) is 0.263. The zero-order valence-electron chi connectivity index (χ0n) is 4.59. The molecule has 0 heterocycles. The summed E-state index contributed by atoms with van der Waals surface area (Å²) in [6, 6.07) is 0. The first kappa shape index (κ1) is 15.7. The summed E-state index contributed by atoms with van der Waals surface area (Å²) in [5.41, 5.74) is 0. The van der Waals surface area contributed by atoms with E-state index in [-0.39, 0.29) is 18.2 Å². The van der Waals surface area contributed by atoms with Crippen molar-refractivity contribution in [2.45, 2.75) is 0 Å². The van der Waals surface area contributed by atoms with Gasteiger partial charge in [-0.3, -0.25) is 0 Å². The molecule has 0 bridgehead atoms. The van der Waals surface area contributed by atoms with Crippen LogP contribution in [0.1, 0.15) is 0 Å². The predicted octanol–water partition coefficient (Wildman–Crippen LogP) is -0.438. The standard InChI is InChI=1S/C2H6N2O2.2H3N/c1-2(5-3)6-4;;/h1,3-4H2;2*1H3. The van der Waals surface area contributed by atoms with Crippen LogP contribution in [0.3, 0.4) is 0 Å². The smallest absolute Gasteiger partial charge is 0.310 e. The van der Waals surface area contributed by atoms with Crippen molar-refractivity contribution in [2.24, 2.45) is 11.8 Å². The van der Waals surface area contributed by atoms with Gasteiger partial charge in [0.25, 0.3) is 0 Å². The minimum atomic E-state index is -0.102. The van der Waals surface area contributed by atoms with Gasteiger partial charge in [-0.1, -0.05) is 0 Å². The number of nitrogens with two attached hydrogens (primary N) is 2. The molecule has 0 aromatic heterocycles. The first-order chi connectivity index (χ1) is 2.81. The van der Waals surface area contributed by atoms with Crippen molar-refractivity contribution >= 4 is 0 Å². The summed E-state index contributed by atoms with van der Waals surface area (Å²) in [4.78, 5) is 7.72. The highest BCUT2D eigenvalue weighted by Gasteiger charge is 1.80. The molecule has 10 N–H and O–H groups in total. The Labute approximate surface area is 47.5 Å². The Bertz CT molecular complexity index is 50.0. The fraction of sp³-hybridized carbons (Fsp3) is 0. The number of hydrogen-bond acceptors (Lipinski definition) is 6. The minimum Gasteiger partial charge on any atom is -0.373 e. The van der Waals surface area contributed by atoms with Crippen LogP contribution in [0.2, 0.25) is 0 Å². The molecule has 0 amide bonds. The molecular weight excluding hydrogens is 112 g/mol. The largest absolute Gasteiger partial charge is 0.373 e. The van der Waals surface area contributed by atoms with Gasteiger partial charge in [-0.15, -0.1) is 0 Å². The lowest BCUT2D eigenvalue weighted by Crippen LogP contribution is -2.05. The van der Waals surface area contributed by atoms with E-state index in [4.69, 9.17) is 0 Å². The van der Waals surface area contributed by atoms with Gasteiger partial charge in [-0.25, -0.2) is 0 Å². The van der Waals surface area contributed by atoms with Gasteiger partial charge < -0.3 is 22.0 Å². The average Bonchev–Trinajstić information content (AvgIpc) is 1.65. The maximum Gasteiger partial charge on any atom is 0.310 e. The topological polar surface area (TPSA) is 140 Å².